The van der Waals surface area contributed by atoms with Gasteiger partial charge >= 0.3 is 5.97 Å². The topological polar surface area (TPSA) is 40.5 Å². The minimum atomic E-state index is -0.341. The quantitative estimate of drug-likeness (QED) is 0.562. The van der Waals surface area contributed by atoms with E-state index in [4.69, 9.17) is 9.47 Å². The predicted molar refractivity (Wildman–Crippen MR) is 92.3 cm³/mol. The lowest BCUT2D eigenvalue weighted by molar-refractivity contribution is 0.0511. The van der Waals surface area contributed by atoms with Crippen LogP contribution >= 0.6 is 15.9 Å². The molecule has 0 aliphatic heterocycles. The van der Waals surface area contributed by atoms with Crippen LogP contribution in [0.4, 0.5) is 0 Å². The van der Waals surface area contributed by atoms with Crippen LogP contribution in [0.3, 0.4) is 0 Å². The minimum Gasteiger partial charge on any atom is -0.494 e. The van der Waals surface area contributed by atoms with Crippen molar-refractivity contribution < 1.29 is 14.3 Å². The second-order valence-corrected chi connectivity index (χ2v) is 6.13. The molecule has 0 N–H and O–H groups in total. The van der Waals surface area contributed by atoms with Crippen molar-refractivity contribution in [3.8, 4) is 5.75 Å². The lowest BCUT2D eigenvalue weighted by Crippen LogP contribution is -2.14. The van der Waals surface area contributed by atoms with Crippen LogP contribution in [0, 0.1) is 0 Å². The predicted octanol–water partition coefficient (Wildman–Crippen LogP) is 4.34. The van der Waals surface area contributed by atoms with E-state index in [1.807, 2.05) is 16.7 Å². The molecule has 0 radical (unpaired) electrons. The van der Waals surface area contributed by atoms with Crippen LogP contribution in [0.15, 0.2) is 18.2 Å². The molecule has 0 bridgehead atoms. The average molecular weight is 368 g/mol. The first-order chi connectivity index (χ1) is 10.6. The molecule has 4 nitrogen and oxygen atoms in total. The van der Waals surface area contributed by atoms with Gasteiger partial charge in [0.1, 0.15) is 0 Å². The number of aryl methyl sites for hydroxylation is 1. The largest absolute Gasteiger partial charge is 0.494 e. The van der Waals surface area contributed by atoms with E-state index in [2.05, 4.69) is 35.8 Å². The van der Waals surface area contributed by atoms with E-state index in [0.717, 1.165) is 16.2 Å². The van der Waals surface area contributed by atoms with Crippen LogP contribution in [0.1, 0.15) is 42.7 Å². The molecular weight excluding hydrogens is 346 g/mol. The molecule has 0 saturated heterocycles. The Hall–Kier alpha value is -1.49. The van der Waals surface area contributed by atoms with Gasteiger partial charge in [-0.1, -0.05) is 41.9 Å². The van der Waals surface area contributed by atoms with E-state index in [1.165, 1.54) is 5.56 Å². The number of esters is 1. The number of hydrogen-bond acceptors (Lipinski definition) is 3. The molecule has 0 spiro atoms. The number of hydrogen-bond donors (Lipinski definition) is 0. The van der Waals surface area contributed by atoms with Crippen LogP contribution in [0.25, 0.3) is 10.9 Å². The van der Waals surface area contributed by atoms with Crippen LogP contribution in [-0.2, 0) is 11.3 Å². The van der Waals surface area contributed by atoms with E-state index >= 15 is 0 Å². The number of nitrogens with zero attached hydrogens (tertiary/aromatic N) is 1. The van der Waals surface area contributed by atoms with Crippen molar-refractivity contribution in [3.63, 3.8) is 0 Å². The van der Waals surface area contributed by atoms with Crippen LogP contribution < -0.4 is 4.74 Å². The Morgan fingerprint density at radius 3 is 2.64 bits per heavy atom. The molecule has 0 aliphatic rings. The number of fused-ring (bicyclic) bond motifs is 1. The fourth-order valence-corrected chi connectivity index (χ4v) is 3.14. The van der Waals surface area contributed by atoms with Crippen LogP contribution in [-0.4, -0.2) is 29.6 Å². The molecule has 1 aromatic heterocycles. The number of rotatable bonds is 6. The van der Waals surface area contributed by atoms with Gasteiger partial charge in [-0.25, -0.2) is 4.79 Å². The summed E-state index contributed by atoms with van der Waals surface area (Å²) in [5, 5.41) is 1.75. The van der Waals surface area contributed by atoms with Crippen molar-refractivity contribution in [2.45, 2.75) is 33.2 Å². The lowest BCUT2D eigenvalue weighted by Gasteiger charge is -2.09. The highest BCUT2D eigenvalue weighted by Crippen LogP contribution is 2.38. The van der Waals surface area contributed by atoms with Crippen molar-refractivity contribution in [3.05, 3.63) is 29.5 Å². The summed E-state index contributed by atoms with van der Waals surface area (Å²) in [5.74, 6) is 0.609. The summed E-state index contributed by atoms with van der Waals surface area (Å²) in [5.41, 5.74) is 2.67. The van der Waals surface area contributed by atoms with Gasteiger partial charge in [-0.2, -0.15) is 0 Å². The Kier molecular flexibility index (Phi) is 5.51. The van der Waals surface area contributed by atoms with Gasteiger partial charge in [0.15, 0.2) is 11.4 Å². The van der Waals surface area contributed by atoms with Gasteiger partial charge < -0.3 is 14.0 Å². The Labute approximate surface area is 139 Å². The van der Waals surface area contributed by atoms with E-state index in [-0.39, 0.29) is 5.97 Å². The van der Waals surface area contributed by atoms with Crippen molar-refractivity contribution >= 4 is 32.8 Å². The summed E-state index contributed by atoms with van der Waals surface area (Å²) in [6.45, 7) is 7.10. The van der Waals surface area contributed by atoms with Gasteiger partial charge in [-0.3, -0.25) is 0 Å². The number of carbonyl (C=O) groups is 1. The van der Waals surface area contributed by atoms with Gasteiger partial charge in [0.2, 0.25) is 0 Å². The molecule has 1 aromatic carbocycles. The van der Waals surface area contributed by atoms with Gasteiger partial charge in [-0.05, 0) is 24.5 Å². The molecule has 2 rings (SSSR count). The molecule has 22 heavy (non-hydrogen) atoms. The zero-order chi connectivity index (χ0) is 16.3. The van der Waals surface area contributed by atoms with Gasteiger partial charge in [-0.15, -0.1) is 0 Å². The summed E-state index contributed by atoms with van der Waals surface area (Å²) in [6.07, 6.45) is 0. The van der Waals surface area contributed by atoms with Crippen molar-refractivity contribution in [1.29, 1.82) is 0 Å². The third-order valence-corrected chi connectivity index (χ3v) is 4.04. The molecule has 0 aliphatic carbocycles. The maximum atomic E-state index is 12.4. The Bertz CT molecular complexity index is 676. The molecule has 0 fully saturated rings. The average Bonchev–Trinajstić information content (AvgIpc) is 2.81. The Balaban J connectivity index is 2.83. The fourth-order valence-electron chi connectivity index (χ4n) is 2.79. The summed E-state index contributed by atoms with van der Waals surface area (Å²) in [4.78, 5) is 12.4. The summed E-state index contributed by atoms with van der Waals surface area (Å²) >= 11 is 3.46. The lowest BCUT2D eigenvalue weighted by atomic mass is 9.98. The number of aromatic nitrogens is 1. The molecule has 0 saturated carbocycles. The highest BCUT2D eigenvalue weighted by Gasteiger charge is 2.26. The number of methoxy groups -OCH3 is 1. The smallest absolute Gasteiger partial charge is 0.358 e. The maximum Gasteiger partial charge on any atom is 0.358 e. The van der Waals surface area contributed by atoms with Crippen LogP contribution in [0.2, 0.25) is 0 Å². The highest BCUT2D eigenvalue weighted by atomic mass is 79.9. The molecule has 1 heterocycles. The second-order valence-electron chi connectivity index (χ2n) is 5.34. The summed E-state index contributed by atoms with van der Waals surface area (Å²) in [6, 6.07) is 6.13. The van der Waals surface area contributed by atoms with E-state index in [1.54, 1.807) is 14.0 Å². The Morgan fingerprint density at radius 2 is 2.09 bits per heavy atom. The maximum absolute atomic E-state index is 12.4. The number of ether oxygens (including phenoxy) is 2. The third kappa shape index (κ3) is 2.86. The first-order valence-corrected chi connectivity index (χ1v) is 8.61. The van der Waals surface area contributed by atoms with Crippen molar-refractivity contribution in [1.82, 2.24) is 4.57 Å². The standard InChI is InChI=1S/C17H22BrNO3/c1-5-22-17(20)15-16(21-4)14-12(11(2)3)7-6-8-13(14)19(15)10-9-18/h6-8,11H,5,9-10H2,1-4H3. The zero-order valence-electron chi connectivity index (χ0n) is 13.5. The number of halogens is 1. The third-order valence-electron chi connectivity index (χ3n) is 3.68. The molecule has 120 valence electrons. The minimum absolute atomic E-state index is 0.340. The molecular formula is C17H22BrNO3. The van der Waals surface area contributed by atoms with Gasteiger partial charge in [0, 0.05) is 17.3 Å². The number of alkyl halides is 1. The van der Waals surface area contributed by atoms with Gasteiger partial charge in [0.25, 0.3) is 0 Å². The molecule has 5 heteroatoms. The van der Waals surface area contributed by atoms with Gasteiger partial charge in [0.05, 0.1) is 19.2 Å². The second kappa shape index (κ2) is 7.18. The first kappa shape index (κ1) is 16.9. The van der Waals surface area contributed by atoms with Crippen LogP contribution in [0.5, 0.6) is 5.75 Å². The monoisotopic (exact) mass is 367 g/mol. The normalized spacial score (nSPS) is 11.2. The number of carbonyl (C=O) groups excluding carboxylic acids is 1. The highest BCUT2D eigenvalue weighted by molar-refractivity contribution is 9.09. The molecule has 0 amide bonds. The summed E-state index contributed by atoms with van der Waals surface area (Å²) < 4.78 is 12.8. The zero-order valence-corrected chi connectivity index (χ0v) is 15.1. The SMILES string of the molecule is CCOC(=O)c1c(OC)c2c(C(C)C)cccc2n1CCBr. The van der Waals surface area contributed by atoms with E-state index < -0.39 is 0 Å². The van der Waals surface area contributed by atoms with Crippen molar-refractivity contribution in [2.24, 2.45) is 0 Å². The molecule has 0 atom stereocenters. The fraction of sp³-hybridized carbons (Fsp3) is 0.471. The number of benzene rings is 1. The summed E-state index contributed by atoms with van der Waals surface area (Å²) in [7, 11) is 1.60. The Morgan fingerprint density at radius 1 is 1.36 bits per heavy atom. The molecule has 0 unspecified atom stereocenters. The first-order valence-electron chi connectivity index (χ1n) is 7.48. The van der Waals surface area contributed by atoms with Crippen molar-refractivity contribution in [2.75, 3.05) is 19.0 Å². The van der Waals surface area contributed by atoms with E-state index in [9.17, 15) is 4.79 Å². The molecule has 2 aromatic rings. The van der Waals surface area contributed by atoms with E-state index in [0.29, 0.717) is 30.5 Å².